The molecule has 1 aromatic rings. The van der Waals surface area contributed by atoms with Crippen LogP contribution in [0.25, 0.3) is 0 Å². The second-order valence-corrected chi connectivity index (χ2v) is 8.21. The fourth-order valence-corrected chi connectivity index (χ4v) is 3.50. The number of amides is 1. The minimum Gasteiger partial charge on any atom is -0.511 e. The third kappa shape index (κ3) is 4.63. The summed E-state index contributed by atoms with van der Waals surface area (Å²) in [7, 11) is 2.05. The first-order chi connectivity index (χ1) is 12.7. The highest BCUT2D eigenvalue weighted by atomic mass is 16.3. The number of aliphatic hydroxyl groups is 1. The standard InChI is InChI=1S/C21H27N3O3/c1-21(2)12-18(25)17(19(26)13-21)14-22-16-6-4-5-15(11-16)20(27)24-9-7-23(3)8-10-24/h4-6,11,14,25H,7-10,12-13H2,1-3H3. The second kappa shape index (κ2) is 7.64. The van der Waals surface area contributed by atoms with E-state index in [0.717, 1.165) is 13.1 Å². The minimum atomic E-state index is -0.229. The molecule has 0 saturated carbocycles. The Morgan fingerprint density at radius 3 is 2.56 bits per heavy atom. The maximum absolute atomic E-state index is 12.7. The van der Waals surface area contributed by atoms with Crippen molar-refractivity contribution in [1.29, 1.82) is 0 Å². The molecule has 1 heterocycles. The fourth-order valence-electron chi connectivity index (χ4n) is 3.50. The van der Waals surface area contributed by atoms with Crippen LogP contribution in [0.2, 0.25) is 0 Å². The molecule has 0 aromatic heterocycles. The molecule has 1 saturated heterocycles. The molecule has 1 amide bonds. The number of ketones is 1. The number of rotatable bonds is 3. The number of carbonyl (C=O) groups excluding carboxylic acids is 2. The molecule has 0 radical (unpaired) electrons. The number of benzene rings is 1. The summed E-state index contributed by atoms with van der Waals surface area (Å²) in [6.45, 7) is 7.09. The number of carbonyl (C=O) groups is 2. The highest BCUT2D eigenvalue weighted by Gasteiger charge is 2.32. The van der Waals surface area contributed by atoms with Crippen LogP contribution in [0, 0.1) is 5.41 Å². The number of Topliss-reactive ketones (excluding diaryl/α,β-unsaturated/α-hetero) is 1. The Bertz CT molecular complexity index is 803. The second-order valence-electron chi connectivity index (χ2n) is 8.21. The lowest BCUT2D eigenvalue weighted by atomic mass is 9.77. The molecule has 1 N–H and O–H groups in total. The van der Waals surface area contributed by atoms with Gasteiger partial charge in [0.25, 0.3) is 5.91 Å². The summed E-state index contributed by atoms with van der Waals surface area (Å²) in [6, 6.07) is 7.08. The van der Waals surface area contributed by atoms with Gasteiger partial charge in [-0.25, -0.2) is 0 Å². The van der Waals surface area contributed by atoms with Gasteiger partial charge in [-0.05, 0) is 30.7 Å². The first-order valence-corrected chi connectivity index (χ1v) is 9.32. The van der Waals surface area contributed by atoms with Crippen LogP contribution in [-0.2, 0) is 4.79 Å². The zero-order valence-electron chi connectivity index (χ0n) is 16.2. The molecule has 0 atom stereocenters. The highest BCUT2D eigenvalue weighted by molar-refractivity contribution is 6.15. The van der Waals surface area contributed by atoms with Gasteiger partial charge >= 0.3 is 0 Å². The number of allylic oxidation sites excluding steroid dienone is 2. The first-order valence-electron chi connectivity index (χ1n) is 9.32. The van der Waals surface area contributed by atoms with E-state index in [1.165, 1.54) is 6.21 Å². The molecule has 0 spiro atoms. The van der Waals surface area contributed by atoms with E-state index in [4.69, 9.17) is 0 Å². The Balaban J connectivity index is 1.75. The van der Waals surface area contributed by atoms with E-state index in [9.17, 15) is 14.7 Å². The van der Waals surface area contributed by atoms with Gasteiger partial charge in [-0.1, -0.05) is 19.9 Å². The number of likely N-dealkylation sites (N-methyl/N-ethyl adjacent to an activating group) is 1. The lowest BCUT2D eigenvalue weighted by Crippen LogP contribution is -2.47. The van der Waals surface area contributed by atoms with Crippen molar-refractivity contribution in [1.82, 2.24) is 9.80 Å². The molecule has 2 aliphatic rings. The van der Waals surface area contributed by atoms with Crippen molar-refractivity contribution in [3.8, 4) is 0 Å². The van der Waals surface area contributed by atoms with E-state index >= 15 is 0 Å². The molecule has 0 bridgehead atoms. The molecular formula is C21H27N3O3. The van der Waals surface area contributed by atoms with Crippen molar-refractivity contribution in [2.45, 2.75) is 26.7 Å². The molecule has 6 heteroatoms. The monoisotopic (exact) mass is 369 g/mol. The first kappa shape index (κ1) is 19.3. The predicted octanol–water partition coefficient (Wildman–Crippen LogP) is 2.98. The van der Waals surface area contributed by atoms with E-state index in [2.05, 4.69) is 16.9 Å². The number of hydrogen-bond acceptors (Lipinski definition) is 5. The van der Waals surface area contributed by atoms with Crippen LogP contribution in [0.1, 0.15) is 37.0 Å². The van der Waals surface area contributed by atoms with Gasteiger partial charge in [-0.2, -0.15) is 0 Å². The van der Waals surface area contributed by atoms with E-state index in [0.29, 0.717) is 37.2 Å². The topological polar surface area (TPSA) is 73.2 Å². The molecule has 144 valence electrons. The van der Waals surface area contributed by atoms with Crippen LogP contribution in [0.4, 0.5) is 5.69 Å². The smallest absolute Gasteiger partial charge is 0.254 e. The molecule has 3 rings (SSSR count). The summed E-state index contributed by atoms with van der Waals surface area (Å²) < 4.78 is 0. The summed E-state index contributed by atoms with van der Waals surface area (Å²) >= 11 is 0. The van der Waals surface area contributed by atoms with Crippen molar-refractivity contribution >= 4 is 23.6 Å². The Labute approximate surface area is 160 Å². The molecule has 0 unspecified atom stereocenters. The molecule has 1 fully saturated rings. The van der Waals surface area contributed by atoms with Gasteiger partial charge in [0.05, 0.1) is 11.3 Å². The van der Waals surface area contributed by atoms with Gasteiger partial charge in [-0.15, -0.1) is 0 Å². The number of aliphatic hydroxyl groups excluding tert-OH is 1. The van der Waals surface area contributed by atoms with E-state index in [1.54, 1.807) is 24.3 Å². The van der Waals surface area contributed by atoms with Gasteiger partial charge < -0.3 is 14.9 Å². The van der Waals surface area contributed by atoms with Crippen LogP contribution in [0.5, 0.6) is 0 Å². The molecule has 27 heavy (non-hydrogen) atoms. The quantitative estimate of drug-likeness (QED) is 0.832. The summed E-state index contributed by atoms with van der Waals surface area (Å²) in [5, 5.41) is 10.2. The highest BCUT2D eigenvalue weighted by Crippen LogP contribution is 2.35. The number of piperazine rings is 1. The molecule has 6 nitrogen and oxygen atoms in total. The van der Waals surface area contributed by atoms with Crippen LogP contribution in [-0.4, -0.2) is 66.0 Å². The van der Waals surface area contributed by atoms with E-state index in [-0.39, 0.29) is 28.4 Å². The third-order valence-corrected chi connectivity index (χ3v) is 5.12. The largest absolute Gasteiger partial charge is 0.511 e. The van der Waals surface area contributed by atoms with Crippen LogP contribution >= 0.6 is 0 Å². The van der Waals surface area contributed by atoms with Crippen molar-refractivity contribution in [2.75, 3.05) is 33.2 Å². The minimum absolute atomic E-state index is 0.00212. The molecule has 1 aliphatic heterocycles. The summed E-state index contributed by atoms with van der Waals surface area (Å²) in [5.74, 6) is -0.0143. The molecular weight excluding hydrogens is 342 g/mol. The predicted molar refractivity (Wildman–Crippen MR) is 106 cm³/mol. The average Bonchev–Trinajstić information content (AvgIpc) is 2.60. The maximum atomic E-state index is 12.7. The summed E-state index contributed by atoms with van der Waals surface area (Å²) in [6.07, 6.45) is 2.27. The number of nitrogens with zero attached hydrogens (tertiary/aromatic N) is 3. The summed E-state index contributed by atoms with van der Waals surface area (Å²) in [5.41, 5.74) is 1.22. The van der Waals surface area contributed by atoms with Crippen LogP contribution in [0.15, 0.2) is 40.6 Å². The zero-order chi connectivity index (χ0) is 19.6. The Morgan fingerprint density at radius 2 is 1.89 bits per heavy atom. The van der Waals surface area contributed by atoms with Crippen LogP contribution < -0.4 is 0 Å². The van der Waals surface area contributed by atoms with Gasteiger partial charge in [-0.3, -0.25) is 14.6 Å². The van der Waals surface area contributed by atoms with Crippen LogP contribution in [0.3, 0.4) is 0 Å². The lowest BCUT2D eigenvalue weighted by Gasteiger charge is -2.32. The van der Waals surface area contributed by atoms with Crippen molar-refractivity contribution in [2.24, 2.45) is 10.4 Å². The van der Waals surface area contributed by atoms with Gasteiger partial charge in [0.15, 0.2) is 5.78 Å². The summed E-state index contributed by atoms with van der Waals surface area (Å²) in [4.78, 5) is 33.4. The number of hydrogen-bond donors (Lipinski definition) is 1. The van der Waals surface area contributed by atoms with E-state index in [1.807, 2.05) is 18.7 Å². The molecule has 1 aliphatic carbocycles. The Kier molecular flexibility index (Phi) is 5.46. The van der Waals surface area contributed by atoms with Crippen molar-refractivity contribution < 1.29 is 14.7 Å². The normalized spacial score (nSPS) is 21.1. The van der Waals surface area contributed by atoms with Gasteiger partial charge in [0.2, 0.25) is 0 Å². The van der Waals surface area contributed by atoms with Gasteiger partial charge in [0.1, 0.15) is 5.76 Å². The maximum Gasteiger partial charge on any atom is 0.254 e. The Hall–Kier alpha value is -2.47. The third-order valence-electron chi connectivity index (χ3n) is 5.12. The Morgan fingerprint density at radius 1 is 1.19 bits per heavy atom. The average molecular weight is 369 g/mol. The lowest BCUT2D eigenvalue weighted by molar-refractivity contribution is -0.117. The van der Waals surface area contributed by atoms with Gasteiger partial charge in [0, 0.05) is 50.8 Å². The SMILES string of the molecule is CN1CCN(C(=O)c2cccc(N=CC3=C(O)CC(C)(C)CC3=O)c2)CC1. The molecule has 1 aromatic carbocycles. The fraction of sp³-hybridized carbons (Fsp3) is 0.476. The van der Waals surface area contributed by atoms with Crippen molar-refractivity contribution in [3.05, 3.63) is 41.2 Å². The number of aliphatic imine (C=N–C) groups is 1. The van der Waals surface area contributed by atoms with E-state index < -0.39 is 0 Å². The van der Waals surface area contributed by atoms with Crippen molar-refractivity contribution in [3.63, 3.8) is 0 Å². The zero-order valence-corrected chi connectivity index (χ0v) is 16.2.